The fourth-order valence-corrected chi connectivity index (χ4v) is 6.06. The third-order valence-corrected chi connectivity index (χ3v) is 8.96. The highest BCUT2D eigenvalue weighted by atomic mass is 35.5. The Labute approximate surface area is 271 Å². The normalized spacial score (nSPS) is 11.9. The van der Waals surface area contributed by atoms with E-state index in [1.165, 1.54) is 4.31 Å². The molecule has 0 saturated heterocycles. The maximum atomic E-state index is 14.0. The van der Waals surface area contributed by atoms with Crippen LogP contribution in [0.15, 0.2) is 72.8 Å². The lowest BCUT2D eigenvalue weighted by Gasteiger charge is -2.32. The van der Waals surface area contributed by atoms with Crippen LogP contribution in [0.2, 0.25) is 10.0 Å². The molecule has 1 atom stereocenters. The molecule has 0 bridgehead atoms. The first kappa shape index (κ1) is 35.2. The number of halogens is 2. The minimum absolute atomic E-state index is 0.0257. The van der Waals surface area contributed by atoms with Gasteiger partial charge in [-0.25, -0.2) is 8.42 Å². The monoisotopic (exact) mass is 661 g/mol. The van der Waals surface area contributed by atoms with Crippen LogP contribution >= 0.6 is 23.2 Å². The average molecular weight is 663 g/mol. The first-order chi connectivity index (χ1) is 21.0. The predicted molar refractivity (Wildman–Crippen MR) is 178 cm³/mol. The summed E-state index contributed by atoms with van der Waals surface area (Å²) in [6, 6.07) is 20.7. The van der Waals surface area contributed by atoms with Crippen molar-refractivity contribution in [3.05, 3.63) is 94.0 Å². The quantitative estimate of drug-likeness (QED) is 0.167. The van der Waals surface area contributed by atoms with E-state index in [-0.39, 0.29) is 37.7 Å². The molecule has 0 radical (unpaired) electrons. The number of nitrogens with one attached hydrogen (secondary N) is 1. The second-order valence-corrected chi connectivity index (χ2v) is 13.2. The summed E-state index contributed by atoms with van der Waals surface area (Å²) in [6.45, 7) is 5.13. The molecule has 238 valence electrons. The summed E-state index contributed by atoms with van der Waals surface area (Å²) in [5.74, 6) is 0.116. The van der Waals surface area contributed by atoms with Crippen molar-refractivity contribution in [2.45, 2.75) is 58.5 Å². The van der Waals surface area contributed by atoms with E-state index < -0.39 is 16.1 Å². The molecule has 0 aromatic heterocycles. The van der Waals surface area contributed by atoms with E-state index in [4.69, 9.17) is 27.9 Å². The summed E-state index contributed by atoms with van der Waals surface area (Å²) in [7, 11) is -3.63. The summed E-state index contributed by atoms with van der Waals surface area (Å²) in [5.41, 5.74) is 2.11. The van der Waals surface area contributed by atoms with Crippen molar-refractivity contribution in [1.29, 1.82) is 0 Å². The standard InChI is InChI=1S/C33H41Cl2N3O5S/c1-4-6-20-36-33(40)31(23-25-11-8-7-9-12-25)37(24-26-14-19-29(34)30(35)22-26)32(39)13-10-21-38(44(3,41)42)27-15-17-28(18-16-27)43-5-2/h7-9,11-12,14-19,22,31H,4-6,10,13,20-21,23-24H2,1-3H3,(H,36,40)/t31-/m1/s1. The van der Waals surface area contributed by atoms with Gasteiger partial charge < -0.3 is 15.0 Å². The Balaban J connectivity index is 1.87. The van der Waals surface area contributed by atoms with Crippen molar-refractivity contribution >= 4 is 50.7 Å². The highest BCUT2D eigenvalue weighted by Crippen LogP contribution is 2.26. The molecular weight excluding hydrogens is 621 g/mol. The van der Waals surface area contributed by atoms with Gasteiger partial charge in [0.1, 0.15) is 11.8 Å². The van der Waals surface area contributed by atoms with E-state index in [1.54, 1.807) is 47.4 Å². The van der Waals surface area contributed by atoms with Gasteiger partial charge in [0.25, 0.3) is 0 Å². The molecule has 3 aromatic carbocycles. The molecular formula is C33H41Cl2N3O5S. The first-order valence-corrected chi connectivity index (χ1v) is 17.4. The smallest absolute Gasteiger partial charge is 0.243 e. The van der Waals surface area contributed by atoms with E-state index in [0.717, 1.165) is 30.2 Å². The number of hydrogen-bond donors (Lipinski definition) is 1. The van der Waals surface area contributed by atoms with Crippen molar-refractivity contribution in [3.8, 4) is 5.75 Å². The van der Waals surface area contributed by atoms with Gasteiger partial charge in [-0.1, -0.05) is 72.9 Å². The van der Waals surface area contributed by atoms with Crippen LogP contribution in [-0.4, -0.2) is 57.1 Å². The van der Waals surface area contributed by atoms with Gasteiger partial charge in [-0.2, -0.15) is 0 Å². The number of benzene rings is 3. The van der Waals surface area contributed by atoms with Crippen LogP contribution in [0.25, 0.3) is 0 Å². The highest BCUT2D eigenvalue weighted by molar-refractivity contribution is 7.92. The predicted octanol–water partition coefficient (Wildman–Crippen LogP) is 6.49. The number of sulfonamides is 1. The van der Waals surface area contributed by atoms with Crippen LogP contribution in [0, 0.1) is 0 Å². The Morgan fingerprint density at radius 3 is 2.23 bits per heavy atom. The molecule has 3 rings (SSSR count). The molecule has 0 saturated carbocycles. The lowest BCUT2D eigenvalue weighted by molar-refractivity contribution is -0.141. The van der Waals surface area contributed by atoms with E-state index in [1.807, 2.05) is 44.2 Å². The van der Waals surface area contributed by atoms with Crippen LogP contribution in [-0.2, 0) is 32.6 Å². The molecule has 0 unspecified atom stereocenters. The minimum atomic E-state index is -3.63. The maximum absolute atomic E-state index is 14.0. The molecule has 0 spiro atoms. The molecule has 0 heterocycles. The van der Waals surface area contributed by atoms with Crippen molar-refractivity contribution < 1.29 is 22.7 Å². The number of unbranched alkanes of at least 4 members (excludes halogenated alkanes) is 1. The first-order valence-electron chi connectivity index (χ1n) is 14.8. The number of amides is 2. The average Bonchev–Trinajstić information content (AvgIpc) is 2.99. The van der Waals surface area contributed by atoms with Crippen LogP contribution in [0.5, 0.6) is 5.75 Å². The van der Waals surface area contributed by atoms with Gasteiger partial charge in [0, 0.05) is 32.5 Å². The second kappa shape index (κ2) is 17.3. The lowest BCUT2D eigenvalue weighted by atomic mass is 10.0. The molecule has 3 aromatic rings. The van der Waals surface area contributed by atoms with E-state index in [2.05, 4.69) is 5.32 Å². The van der Waals surface area contributed by atoms with Crippen molar-refractivity contribution in [1.82, 2.24) is 10.2 Å². The summed E-state index contributed by atoms with van der Waals surface area (Å²) >= 11 is 12.4. The van der Waals surface area contributed by atoms with Gasteiger partial charge >= 0.3 is 0 Å². The molecule has 1 N–H and O–H groups in total. The Hall–Kier alpha value is -3.27. The largest absolute Gasteiger partial charge is 0.494 e. The van der Waals surface area contributed by atoms with E-state index in [0.29, 0.717) is 41.1 Å². The van der Waals surface area contributed by atoms with Crippen molar-refractivity contribution in [2.24, 2.45) is 0 Å². The zero-order valence-corrected chi connectivity index (χ0v) is 27.8. The molecule has 0 fully saturated rings. The van der Waals surface area contributed by atoms with Crippen LogP contribution in [0.4, 0.5) is 5.69 Å². The summed E-state index contributed by atoms with van der Waals surface area (Å²) in [6.07, 6.45) is 3.45. The van der Waals surface area contributed by atoms with Gasteiger partial charge in [0.15, 0.2) is 0 Å². The van der Waals surface area contributed by atoms with Gasteiger partial charge in [-0.3, -0.25) is 13.9 Å². The Bertz CT molecular complexity index is 1470. The minimum Gasteiger partial charge on any atom is -0.494 e. The van der Waals surface area contributed by atoms with Crippen molar-refractivity contribution in [2.75, 3.05) is 30.3 Å². The topological polar surface area (TPSA) is 96.0 Å². The van der Waals surface area contributed by atoms with Gasteiger partial charge in [-0.15, -0.1) is 0 Å². The van der Waals surface area contributed by atoms with Gasteiger partial charge in [0.2, 0.25) is 21.8 Å². The van der Waals surface area contributed by atoms with Gasteiger partial charge in [0.05, 0.1) is 28.6 Å². The molecule has 0 aliphatic carbocycles. The fourth-order valence-electron chi connectivity index (χ4n) is 4.77. The molecule has 44 heavy (non-hydrogen) atoms. The Kier molecular flexibility index (Phi) is 13.8. The molecule has 11 heteroatoms. The number of anilines is 1. The summed E-state index contributed by atoms with van der Waals surface area (Å²) in [4.78, 5) is 29.1. The number of rotatable bonds is 17. The zero-order valence-electron chi connectivity index (χ0n) is 25.5. The summed E-state index contributed by atoms with van der Waals surface area (Å²) < 4.78 is 32.2. The fraction of sp³-hybridized carbons (Fsp3) is 0.394. The maximum Gasteiger partial charge on any atom is 0.243 e. The number of carbonyl (C=O) groups is 2. The lowest BCUT2D eigenvalue weighted by Crippen LogP contribution is -2.50. The summed E-state index contributed by atoms with van der Waals surface area (Å²) in [5, 5.41) is 3.74. The van der Waals surface area contributed by atoms with Crippen LogP contribution in [0.1, 0.15) is 50.7 Å². The number of carbonyl (C=O) groups excluding carboxylic acids is 2. The molecule has 0 aliphatic rings. The van der Waals surface area contributed by atoms with Gasteiger partial charge in [-0.05, 0) is 67.3 Å². The Morgan fingerprint density at radius 1 is 0.909 bits per heavy atom. The zero-order chi connectivity index (χ0) is 32.1. The third-order valence-electron chi connectivity index (χ3n) is 7.03. The van der Waals surface area contributed by atoms with E-state index >= 15 is 0 Å². The number of nitrogens with zero attached hydrogens (tertiary/aromatic N) is 2. The van der Waals surface area contributed by atoms with Crippen LogP contribution < -0.4 is 14.4 Å². The van der Waals surface area contributed by atoms with Crippen LogP contribution in [0.3, 0.4) is 0 Å². The highest BCUT2D eigenvalue weighted by Gasteiger charge is 2.30. The van der Waals surface area contributed by atoms with Crippen molar-refractivity contribution in [3.63, 3.8) is 0 Å². The number of hydrogen-bond acceptors (Lipinski definition) is 5. The third kappa shape index (κ3) is 10.7. The number of ether oxygens (including phenoxy) is 1. The second-order valence-electron chi connectivity index (χ2n) is 10.5. The SMILES string of the molecule is CCCCNC(=O)[C@@H](Cc1ccccc1)N(Cc1ccc(Cl)c(Cl)c1)C(=O)CCCN(c1ccc(OCC)cc1)S(C)(=O)=O. The molecule has 0 aliphatic heterocycles. The molecule has 8 nitrogen and oxygen atoms in total. The molecule has 2 amide bonds. The Morgan fingerprint density at radius 2 is 1.61 bits per heavy atom. The van der Waals surface area contributed by atoms with E-state index in [9.17, 15) is 18.0 Å².